The maximum atomic E-state index is 8.92. The van der Waals surface area contributed by atoms with E-state index in [9.17, 15) is 0 Å². The lowest BCUT2D eigenvalue weighted by atomic mass is 10.3. The predicted octanol–water partition coefficient (Wildman–Crippen LogP) is 2.50. The van der Waals surface area contributed by atoms with Gasteiger partial charge in [0.25, 0.3) is 0 Å². The summed E-state index contributed by atoms with van der Waals surface area (Å²) in [6.45, 7) is 0. The Morgan fingerprint density at radius 3 is 2.00 bits per heavy atom. The molecular weight excluding hydrogens is 159 g/mol. The maximum Gasteiger partial charge on any atom is 0.152 e. The first-order chi connectivity index (χ1) is 4.22. The van der Waals surface area contributed by atoms with E-state index >= 15 is 0 Å². The molecule has 1 nitrogen and oxygen atoms in total. The highest BCUT2D eigenvalue weighted by Gasteiger charge is 1.99. The van der Waals surface area contributed by atoms with Crippen LogP contribution in [0.1, 0.15) is 0 Å². The Labute approximate surface area is 62.8 Å². The summed E-state index contributed by atoms with van der Waals surface area (Å²) < 4.78 is 0. The molecular formula is C6H3Cl2O. The van der Waals surface area contributed by atoms with Crippen molar-refractivity contribution < 1.29 is 5.11 Å². The first kappa shape index (κ1) is 6.72. The van der Waals surface area contributed by atoms with Gasteiger partial charge in [-0.15, -0.1) is 0 Å². The number of phenolic OH excluding ortho intramolecular Hbond substituents is 1. The normalized spacial score (nSPS) is 9.56. The molecule has 9 heavy (non-hydrogen) atoms. The molecule has 0 unspecified atom stereocenters. The van der Waals surface area contributed by atoms with Crippen molar-refractivity contribution in [1.29, 1.82) is 0 Å². The van der Waals surface area contributed by atoms with E-state index in [4.69, 9.17) is 28.3 Å². The fourth-order valence-corrected chi connectivity index (χ4v) is 0.817. The van der Waals surface area contributed by atoms with E-state index in [-0.39, 0.29) is 15.8 Å². The summed E-state index contributed by atoms with van der Waals surface area (Å²) >= 11 is 10.9. The van der Waals surface area contributed by atoms with Crippen LogP contribution in [0, 0.1) is 6.07 Å². The van der Waals surface area contributed by atoms with Crippen molar-refractivity contribution in [2.75, 3.05) is 0 Å². The molecule has 0 spiro atoms. The van der Waals surface area contributed by atoms with Gasteiger partial charge in [0.15, 0.2) is 5.75 Å². The third kappa shape index (κ3) is 1.29. The predicted molar refractivity (Wildman–Crippen MR) is 37.0 cm³/mol. The fourth-order valence-electron chi connectivity index (χ4n) is 0.439. The fraction of sp³-hybridized carbons (Fsp3) is 0. The zero-order valence-electron chi connectivity index (χ0n) is 4.36. The Morgan fingerprint density at radius 1 is 1.22 bits per heavy atom. The van der Waals surface area contributed by atoms with Crippen LogP contribution in [0.5, 0.6) is 5.75 Å². The molecule has 0 fully saturated rings. The van der Waals surface area contributed by atoms with Crippen molar-refractivity contribution in [1.82, 2.24) is 0 Å². The second-order valence-electron chi connectivity index (χ2n) is 1.50. The molecule has 0 bridgehead atoms. The molecule has 0 aliphatic carbocycles. The van der Waals surface area contributed by atoms with Gasteiger partial charge in [0.1, 0.15) is 0 Å². The molecule has 3 heteroatoms. The molecule has 0 saturated carbocycles. The van der Waals surface area contributed by atoms with Gasteiger partial charge in [0.05, 0.1) is 10.0 Å². The smallest absolute Gasteiger partial charge is 0.152 e. The highest BCUT2D eigenvalue weighted by atomic mass is 35.5. The van der Waals surface area contributed by atoms with Gasteiger partial charge in [0, 0.05) is 0 Å². The van der Waals surface area contributed by atoms with Gasteiger partial charge in [-0.25, -0.2) is 0 Å². The number of phenols is 1. The molecule has 47 valence electrons. The van der Waals surface area contributed by atoms with Crippen LogP contribution in [0.2, 0.25) is 10.0 Å². The number of benzene rings is 1. The standard InChI is InChI=1S/C6H3Cl2O/c7-4-2-1-3-5(8)6(4)9/h2-3,9H. The summed E-state index contributed by atoms with van der Waals surface area (Å²) in [7, 11) is 0. The van der Waals surface area contributed by atoms with Gasteiger partial charge in [0.2, 0.25) is 0 Å². The Morgan fingerprint density at radius 2 is 1.67 bits per heavy atom. The summed E-state index contributed by atoms with van der Waals surface area (Å²) in [5, 5.41) is 9.37. The number of hydrogen-bond acceptors (Lipinski definition) is 1. The molecule has 1 radical (unpaired) electrons. The van der Waals surface area contributed by atoms with Crippen molar-refractivity contribution >= 4 is 23.2 Å². The highest BCUT2D eigenvalue weighted by molar-refractivity contribution is 6.36. The zero-order valence-corrected chi connectivity index (χ0v) is 5.87. The lowest BCUT2D eigenvalue weighted by Gasteiger charge is -1.94. The average molecular weight is 162 g/mol. The van der Waals surface area contributed by atoms with E-state index < -0.39 is 0 Å². The molecule has 1 N–H and O–H groups in total. The highest BCUT2D eigenvalue weighted by Crippen LogP contribution is 2.29. The zero-order chi connectivity index (χ0) is 6.85. The van der Waals surface area contributed by atoms with Gasteiger partial charge in [-0.1, -0.05) is 23.2 Å². The molecule has 0 aromatic heterocycles. The lowest BCUT2D eigenvalue weighted by molar-refractivity contribution is 0.476. The lowest BCUT2D eigenvalue weighted by Crippen LogP contribution is -1.68. The quantitative estimate of drug-likeness (QED) is 0.621. The molecule has 0 heterocycles. The second kappa shape index (κ2) is 2.46. The van der Waals surface area contributed by atoms with Gasteiger partial charge in [-0.05, 0) is 18.2 Å². The van der Waals surface area contributed by atoms with Crippen molar-refractivity contribution in [3.63, 3.8) is 0 Å². The van der Waals surface area contributed by atoms with Crippen LogP contribution < -0.4 is 0 Å². The van der Waals surface area contributed by atoms with Gasteiger partial charge in [-0.2, -0.15) is 0 Å². The van der Waals surface area contributed by atoms with E-state index in [0.717, 1.165) is 0 Å². The van der Waals surface area contributed by atoms with Crippen LogP contribution in [0.4, 0.5) is 0 Å². The summed E-state index contributed by atoms with van der Waals surface area (Å²) in [6, 6.07) is 5.54. The third-order valence-electron chi connectivity index (χ3n) is 0.873. The van der Waals surface area contributed by atoms with E-state index in [1.165, 1.54) is 12.1 Å². The van der Waals surface area contributed by atoms with E-state index in [1.54, 1.807) is 0 Å². The van der Waals surface area contributed by atoms with Crippen molar-refractivity contribution in [3.05, 3.63) is 28.2 Å². The number of aromatic hydroxyl groups is 1. The van der Waals surface area contributed by atoms with Crippen LogP contribution in [0.25, 0.3) is 0 Å². The molecule has 1 aromatic carbocycles. The third-order valence-corrected chi connectivity index (χ3v) is 1.45. The summed E-state index contributed by atoms with van der Waals surface area (Å²) in [4.78, 5) is 0. The Kier molecular flexibility index (Phi) is 1.84. The molecule has 0 amide bonds. The van der Waals surface area contributed by atoms with Crippen LogP contribution >= 0.6 is 23.2 Å². The van der Waals surface area contributed by atoms with Crippen LogP contribution in [0.3, 0.4) is 0 Å². The number of hydrogen-bond donors (Lipinski definition) is 1. The van der Waals surface area contributed by atoms with Crippen molar-refractivity contribution in [3.8, 4) is 5.75 Å². The SMILES string of the molecule is Oc1c(Cl)c[c]cc1Cl. The summed E-state index contributed by atoms with van der Waals surface area (Å²) in [5.41, 5.74) is 0. The topological polar surface area (TPSA) is 20.2 Å². The van der Waals surface area contributed by atoms with Crippen LogP contribution in [-0.2, 0) is 0 Å². The maximum absolute atomic E-state index is 8.92. The van der Waals surface area contributed by atoms with E-state index in [2.05, 4.69) is 6.07 Å². The van der Waals surface area contributed by atoms with Crippen LogP contribution in [0.15, 0.2) is 12.1 Å². The van der Waals surface area contributed by atoms with Crippen molar-refractivity contribution in [2.24, 2.45) is 0 Å². The Balaban J connectivity index is 3.25. The first-order valence-corrected chi connectivity index (χ1v) is 3.01. The summed E-state index contributed by atoms with van der Waals surface area (Å²) in [6.07, 6.45) is 0. The Bertz CT molecular complexity index is 202. The number of halogens is 2. The largest absolute Gasteiger partial charge is 0.505 e. The molecule has 0 saturated heterocycles. The molecule has 1 aromatic rings. The van der Waals surface area contributed by atoms with Crippen LogP contribution in [-0.4, -0.2) is 5.11 Å². The molecule has 0 aliphatic rings. The van der Waals surface area contributed by atoms with Gasteiger partial charge >= 0.3 is 0 Å². The average Bonchev–Trinajstić information content (AvgIpc) is 1.83. The monoisotopic (exact) mass is 161 g/mol. The molecule has 0 aliphatic heterocycles. The number of rotatable bonds is 0. The van der Waals surface area contributed by atoms with Gasteiger partial charge in [-0.3, -0.25) is 0 Å². The molecule has 1 rings (SSSR count). The van der Waals surface area contributed by atoms with E-state index in [1.807, 2.05) is 0 Å². The Hall–Kier alpha value is -0.400. The first-order valence-electron chi connectivity index (χ1n) is 2.26. The minimum Gasteiger partial charge on any atom is -0.505 e. The van der Waals surface area contributed by atoms with E-state index in [0.29, 0.717) is 0 Å². The van der Waals surface area contributed by atoms with Crippen molar-refractivity contribution in [2.45, 2.75) is 0 Å². The van der Waals surface area contributed by atoms with Gasteiger partial charge < -0.3 is 5.11 Å². The minimum atomic E-state index is -0.0860. The second-order valence-corrected chi connectivity index (χ2v) is 2.31. The minimum absolute atomic E-state index is 0.0860. The summed E-state index contributed by atoms with van der Waals surface area (Å²) in [5.74, 6) is -0.0860. The molecule has 0 atom stereocenters.